The lowest BCUT2D eigenvalue weighted by atomic mass is 10.1. The Balaban J connectivity index is 1.96. The van der Waals surface area contributed by atoms with Gasteiger partial charge in [0.05, 0.1) is 5.56 Å². The average molecular weight is 386 g/mol. The first kappa shape index (κ1) is 20.1. The molecule has 0 aromatic heterocycles. The molecular formula is C19H19ClF3NO2. The lowest BCUT2D eigenvalue weighted by Crippen LogP contribution is -2.27. The van der Waals surface area contributed by atoms with E-state index in [4.69, 9.17) is 16.3 Å². The van der Waals surface area contributed by atoms with Crippen molar-refractivity contribution in [1.29, 1.82) is 0 Å². The van der Waals surface area contributed by atoms with Gasteiger partial charge in [-0.25, -0.2) is 0 Å². The molecule has 1 unspecified atom stereocenters. The fourth-order valence-electron chi connectivity index (χ4n) is 2.35. The van der Waals surface area contributed by atoms with E-state index in [-0.39, 0.29) is 23.9 Å². The Morgan fingerprint density at radius 3 is 2.65 bits per heavy atom. The molecule has 0 saturated heterocycles. The Hall–Kier alpha value is -2.18. The standard InChI is InChI=1S/C19H19ClF3NO2/c1-2-5-13-6-3-4-7-18(13)26-12-15(25)11-24-17-9-8-14(20)10-16(17)19(21,22)23/h2-4,6-10,15,24-25H,1,5,11-12H2. The van der Waals surface area contributed by atoms with Gasteiger partial charge in [-0.3, -0.25) is 0 Å². The molecule has 0 aliphatic carbocycles. The number of nitrogens with one attached hydrogen (secondary N) is 1. The number of alkyl halides is 3. The van der Waals surface area contributed by atoms with E-state index in [0.29, 0.717) is 12.2 Å². The van der Waals surface area contributed by atoms with Crippen molar-refractivity contribution < 1.29 is 23.0 Å². The number of benzene rings is 2. The summed E-state index contributed by atoms with van der Waals surface area (Å²) in [5.74, 6) is 0.605. The number of ether oxygens (including phenoxy) is 1. The van der Waals surface area contributed by atoms with Crippen molar-refractivity contribution in [2.75, 3.05) is 18.5 Å². The topological polar surface area (TPSA) is 41.5 Å². The van der Waals surface area contributed by atoms with Crippen LogP contribution in [-0.2, 0) is 12.6 Å². The Morgan fingerprint density at radius 1 is 1.23 bits per heavy atom. The smallest absolute Gasteiger partial charge is 0.418 e. The van der Waals surface area contributed by atoms with E-state index in [1.165, 1.54) is 12.1 Å². The first-order valence-corrected chi connectivity index (χ1v) is 8.29. The molecule has 0 bridgehead atoms. The van der Waals surface area contributed by atoms with E-state index in [9.17, 15) is 18.3 Å². The third-order valence-corrected chi connectivity index (χ3v) is 3.82. The van der Waals surface area contributed by atoms with E-state index in [2.05, 4.69) is 11.9 Å². The molecule has 2 aromatic carbocycles. The van der Waals surface area contributed by atoms with Gasteiger partial charge >= 0.3 is 6.18 Å². The lowest BCUT2D eigenvalue weighted by molar-refractivity contribution is -0.137. The van der Waals surface area contributed by atoms with E-state index in [0.717, 1.165) is 11.6 Å². The molecule has 2 rings (SSSR count). The maximum Gasteiger partial charge on any atom is 0.418 e. The molecular weight excluding hydrogens is 367 g/mol. The van der Waals surface area contributed by atoms with Crippen LogP contribution < -0.4 is 10.1 Å². The summed E-state index contributed by atoms with van der Waals surface area (Å²) in [6.45, 7) is 3.51. The van der Waals surface area contributed by atoms with Gasteiger partial charge in [0, 0.05) is 17.3 Å². The lowest BCUT2D eigenvalue weighted by Gasteiger charge is -2.18. The number of halogens is 4. The SMILES string of the molecule is C=CCc1ccccc1OCC(O)CNc1ccc(Cl)cc1C(F)(F)F. The summed E-state index contributed by atoms with van der Waals surface area (Å²) in [4.78, 5) is 0. The fraction of sp³-hybridized carbons (Fsp3) is 0.263. The van der Waals surface area contributed by atoms with Gasteiger partial charge in [0.1, 0.15) is 18.5 Å². The maximum absolute atomic E-state index is 13.0. The number of anilines is 1. The zero-order chi connectivity index (χ0) is 19.2. The van der Waals surface area contributed by atoms with Crippen LogP contribution in [0.25, 0.3) is 0 Å². The molecule has 0 heterocycles. The number of rotatable bonds is 8. The number of aliphatic hydroxyl groups excluding tert-OH is 1. The van der Waals surface area contributed by atoms with Crippen LogP contribution in [0, 0.1) is 0 Å². The summed E-state index contributed by atoms with van der Waals surface area (Å²) in [6, 6.07) is 10.7. The van der Waals surface area contributed by atoms with Crippen LogP contribution in [0.1, 0.15) is 11.1 Å². The highest BCUT2D eigenvalue weighted by Gasteiger charge is 2.33. The molecule has 0 aliphatic heterocycles. The van der Waals surface area contributed by atoms with Crippen LogP contribution in [0.4, 0.5) is 18.9 Å². The Labute approximate surface area is 155 Å². The van der Waals surface area contributed by atoms with E-state index < -0.39 is 17.8 Å². The van der Waals surface area contributed by atoms with Crippen molar-refractivity contribution in [2.24, 2.45) is 0 Å². The Bertz CT molecular complexity index is 750. The molecule has 140 valence electrons. The van der Waals surface area contributed by atoms with E-state index in [1.54, 1.807) is 18.2 Å². The summed E-state index contributed by atoms with van der Waals surface area (Å²) >= 11 is 5.64. The summed E-state index contributed by atoms with van der Waals surface area (Å²) in [5, 5.41) is 12.6. The minimum atomic E-state index is -4.54. The van der Waals surface area contributed by atoms with Gasteiger partial charge in [-0.2, -0.15) is 13.2 Å². The van der Waals surface area contributed by atoms with Crippen LogP contribution >= 0.6 is 11.6 Å². The van der Waals surface area contributed by atoms with Gasteiger partial charge in [0.2, 0.25) is 0 Å². The van der Waals surface area contributed by atoms with Gasteiger partial charge in [-0.05, 0) is 36.2 Å². The molecule has 26 heavy (non-hydrogen) atoms. The van der Waals surface area contributed by atoms with Crippen molar-refractivity contribution in [3.05, 3.63) is 71.3 Å². The number of aliphatic hydroxyl groups is 1. The van der Waals surface area contributed by atoms with Crippen molar-refractivity contribution in [1.82, 2.24) is 0 Å². The maximum atomic E-state index is 13.0. The molecule has 2 N–H and O–H groups in total. The van der Waals surface area contributed by atoms with Crippen molar-refractivity contribution in [3.63, 3.8) is 0 Å². The monoisotopic (exact) mass is 385 g/mol. The predicted octanol–water partition coefficient (Wildman–Crippen LogP) is 4.94. The van der Waals surface area contributed by atoms with Gasteiger partial charge in [-0.15, -0.1) is 6.58 Å². The highest BCUT2D eigenvalue weighted by molar-refractivity contribution is 6.30. The molecule has 0 spiro atoms. The van der Waals surface area contributed by atoms with Crippen molar-refractivity contribution in [3.8, 4) is 5.75 Å². The van der Waals surface area contributed by atoms with Crippen LogP contribution in [0.5, 0.6) is 5.75 Å². The molecule has 0 radical (unpaired) electrons. The quantitative estimate of drug-likeness (QED) is 0.632. The highest BCUT2D eigenvalue weighted by Crippen LogP contribution is 2.36. The molecule has 0 aliphatic rings. The number of hydrogen-bond donors (Lipinski definition) is 2. The second kappa shape index (κ2) is 8.96. The summed E-state index contributed by atoms with van der Waals surface area (Å²) < 4.78 is 44.7. The minimum Gasteiger partial charge on any atom is -0.491 e. The largest absolute Gasteiger partial charge is 0.491 e. The molecule has 0 amide bonds. The molecule has 0 fully saturated rings. The number of para-hydroxylation sites is 1. The first-order valence-electron chi connectivity index (χ1n) is 7.91. The molecule has 0 saturated carbocycles. The third kappa shape index (κ3) is 5.68. The fourth-order valence-corrected chi connectivity index (χ4v) is 2.52. The Kier molecular flexibility index (Phi) is 6.94. The van der Waals surface area contributed by atoms with Gasteiger partial charge < -0.3 is 15.2 Å². The zero-order valence-corrected chi connectivity index (χ0v) is 14.6. The molecule has 3 nitrogen and oxygen atoms in total. The summed E-state index contributed by atoms with van der Waals surface area (Å²) in [7, 11) is 0. The van der Waals surface area contributed by atoms with E-state index in [1.807, 2.05) is 12.1 Å². The van der Waals surface area contributed by atoms with Gasteiger partial charge in [0.25, 0.3) is 0 Å². The number of hydrogen-bond acceptors (Lipinski definition) is 3. The second-order valence-corrected chi connectivity index (χ2v) is 6.07. The van der Waals surface area contributed by atoms with E-state index >= 15 is 0 Å². The number of allylic oxidation sites excluding steroid dienone is 1. The second-order valence-electron chi connectivity index (χ2n) is 5.63. The van der Waals surface area contributed by atoms with Gasteiger partial charge in [0.15, 0.2) is 0 Å². The third-order valence-electron chi connectivity index (χ3n) is 3.58. The van der Waals surface area contributed by atoms with Crippen LogP contribution in [0.2, 0.25) is 5.02 Å². The summed E-state index contributed by atoms with van der Waals surface area (Å²) in [5.41, 5.74) is -0.109. The van der Waals surface area contributed by atoms with Crippen LogP contribution in [0.3, 0.4) is 0 Å². The molecule has 7 heteroatoms. The predicted molar refractivity (Wildman–Crippen MR) is 96.8 cm³/mol. The van der Waals surface area contributed by atoms with Crippen molar-refractivity contribution >= 4 is 17.3 Å². The zero-order valence-electron chi connectivity index (χ0n) is 13.9. The first-order chi connectivity index (χ1) is 12.3. The minimum absolute atomic E-state index is 0.00872. The average Bonchev–Trinajstić information content (AvgIpc) is 2.59. The van der Waals surface area contributed by atoms with Crippen molar-refractivity contribution in [2.45, 2.75) is 18.7 Å². The van der Waals surface area contributed by atoms with Crippen LogP contribution in [0.15, 0.2) is 55.1 Å². The Morgan fingerprint density at radius 2 is 1.96 bits per heavy atom. The summed E-state index contributed by atoms with van der Waals surface area (Å²) in [6.07, 6.45) is -3.19. The highest BCUT2D eigenvalue weighted by atomic mass is 35.5. The molecule has 1 atom stereocenters. The van der Waals surface area contributed by atoms with Gasteiger partial charge in [-0.1, -0.05) is 35.9 Å². The van der Waals surface area contributed by atoms with Crippen LogP contribution in [-0.4, -0.2) is 24.4 Å². The normalized spacial score (nSPS) is 12.5. The molecule has 2 aromatic rings.